The molecule has 1 aliphatic carbocycles. The van der Waals surface area contributed by atoms with Crippen molar-refractivity contribution >= 4 is 0 Å². The van der Waals surface area contributed by atoms with Gasteiger partial charge in [-0.05, 0) is 53.6 Å². The molecule has 2 aliphatic rings. The molecule has 2 fully saturated rings. The second-order valence-corrected chi connectivity index (χ2v) is 7.23. The van der Waals surface area contributed by atoms with E-state index in [0.717, 1.165) is 52.1 Å². The Balaban J connectivity index is 1.74. The van der Waals surface area contributed by atoms with Gasteiger partial charge in [-0.1, -0.05) is 0 Å². The number of aliphatic hydroxyl groups is 1. The first-order chi connectivity index (χ1) is 9.37. The molecule has 2 atom stereocenters. The summed E-state index contributed by atoms with van der Waals surface area (Å²) in [5.74, 6) is 0. The lowest BCUT2D eigenvalue weighted by Crippen LogP contribution is -2.62. The maximum absolute atomic E-state index is 10.2. The number of piperidine rings is 1. The van der Waals surface area contributed by atoms with Gasteiger partial charge in [0.2, 0.25) is 0 Å². The topological polar surface area (TPSA) is 41.9 Å². The smallest absolute Gasteiger partial charge is 0.0681 e. The summed E-state index contributed by atoms with van der Waals surface area (Å²) < 4.78 is 11.6. The molecule has 4 nitrogen and oxygen atoms in total. The lowest BCUT2D eigenvalue weighted by molar-refractivity contribution is -0.210. The molecule has 1 heterocycles. The van der Waals surface area contributed by atoms with E-state index >= 15 is 0 Å². The van der Waals surface area contributed by atoms with Crippen molar-refractivity contribution in [1.82, 2.24) is 4.90 Å². The Labute approximate surface area is 123 Å². The minimum absolute atomic E-state index is 0.0391. The van der Waals surface area contributed by atoms with Crippen molar-refractivity contribution in [3.63, 3.8) is 0 Å². The van der Waals surface area contributed by atoms with Crippen molar-refractivity contribution < 1.29 is 14.6 Å². The molecule has 1 aliphatic heterocycles. The first-order valence-corrected chi connectivity index (χ1v) is 8.03. The quantitative estimate of drug-likeness (QED) is 0.839. The zero-order valence-electron chi connectivity index (χ0n) is 13.5. The number of likely N-dealkylation sites (tertiary alicyclic amines) is 1. The summed E-state index contributed by atoms with van der Waals surface area (Å²) >= 11 is 0. The molecular weight excluding hydrogens is 254 g/mol. The summed E-state index contributed by atoms with van der Waals surface area (Å²) in [6, 6.07) is 0. The predicted molar refractivity (Wildman–Crippen MR) is 79.8 cm³/mol. The van der Waals surface area contributed by atoms with E-state index < -0.39 is 0 Å². The van der Waals surface area contributed by atoms with E-state index in [1.807, 2.05) is 6.92 Å². The Morgan fingerprint density at radius 3 is 2.40 bits per heavy atom. The van der Waals surface area contributed by atoms with Crippen molar-refractivity contribution in [1.29, 1.82) is 0 Å². The van der Waals surface area contributed by atoms with Crippen LogP contribution in [-0.4, -0.2) is 60.7 Å². The predicted octanol–water partition coefficient (Wildman–Crippen LogP) is 2.05. The molecule has 0 aromatic carbocycles. The van der Waals surface area contributed by atoms with Gasteiger partial charge in [-0.3, -0.25) is 0 Å². The molecule has 1 spiro atoms. The molecule has 0 radical (unpaired) electrons. The van der Waals surface area contributed by atoms with Crippen molar-refractivity contribution in [2.45, 2.75) is 64.8 Å². The highest BCUT2D eigenvalue weighted by molar-refractivity contribution is 5.06. The summed E-state index contributed by atoms with van der Waals surface area (Å²) in [6.07, 6.45) is 3.03. The van der Waals surface area contributed by atoms with Crippen LogP contribution in [0.5, 0.6) is 0 Å². The van der Waals surface area contributed by atoms with Crippen LogP contribution in [-0.2, 0) is 9.47 Å². The normalized spacial score (nSPS) is 30.4. The van der Waals surface area contributed by atoms with Gasteiger partial charge in [0.25, 0.3) is 0 Å². The Morgan fingerprint density at radius 1 is 1.25 bits per heavy atom. The molecule has 0 aromatic rings. The highest BCUT2D eigenvalue weighted by Gasteiger charge is 2.55. The van der Waals surface area contributed by atoms with E-state index in [9.17, 15) is 5.11 Å². The number of nitrogens with zero attached hydrogens (tertiary/aromatic N) is 1. The fraction of sp³-hybridized carbons (Fsp3) is 1.00. The molecule has 0 amide bonds. The average molecular weight is 285 g/mol. The third-order valence-electron chi connectivity index (χ3n) is 4.84. The monoisotopic (exact) mass is 285 g/mol. The van der Waals surface area contributed by atoms with Gasteiger partial charge in [0.1, 0.15) is 0 Å². The van der Waals surface area contributed by atoms with Crippen LogP contribution >= 0.6 is 0 Å². The van der Waals surface area contributed by atoms with Crippen LogP contribution in [0.15, 0.2) is 0 Å². The minimum Gasteiger partial charge on any atom is -0.392 e. The molecule has 2 unspecified atom stereocenters. The fourth-order valence-corrected chi connectivity index (χ4v) is 3.49. The van der Waals surface area contributed by atoms with Gasteiger partial charge in [0.15, 0.2) is 0 Å². The minimum atomic E-state index is -0.160. The first kappa shape index (κ1) is 16.2. The summed E-state index contributed by atoms with van der Waals surface area (Å²) in [5.41, 5.74) is -0.0152. The second kappa shape index (κ2) is 6.30. The SMILES string of the molecule is CCOC1CC(O)C12CCN(CCOC(C)(C)C)CC2. The fourth-order valence-electron chi connectivity index (χ4n) is 3.49. The van der Waals surface area contributed by atoms with Gasteiger partial charge in [0, 0.05) is 25.0 Å². The number of rotatable bonds is 5. The number of hydrogen-bond acceptors (Lipinski definition) is 4. The maximum atomic E-state index is 10.2. The summed E-state index contributed by atoms with van der Waals surface area (Å²) in [4.78, 5) is 2.45. The third-order valence-corrected chi connectivity index (χ3v) is 4.84. The van der Waals surface area contributed by atoms with Crippen LogP contribution in [0, 0.1) is 5.41 Å². The van der Waals surface area contributed by atoms with Gasteiger partial charge in [-0.2, -0.15) is 0 Å². The van der Waals surface area contributed by atoms with E-state index in [0.29, 0.717) is 0 Å². The lowest BCUT2D eigenvalue weighted by atomic mass is 9.58. The van der Waals surface area contributed by atoms with Crippen LogP contribution in [0.3, 0.4) is 0 Å². The summed E-state index contributed by atoms with van der Waals surface area (Å²) in [5, 5.41) is 10.2. The molecule has 1 N–H and O–H groups in total. The highest BCUT2D eigenvalue weighted by atomic mass is 16.5. The van der Waals surface area contributed by atoms with Crippen LogP contribution in [0.4, 0.5) is 0 Å². The molecule has 118 valence electrons. The van der Waals surface area contributed by atoms with Gasteiger partial charge >= 0.3 is 0 Å². The Morgan fingerprint density at radius 2 is 1.90 bits per heavy atom. The Hall–Kier alpha value is -0.160. The number of hydrogen-bond donors (Lipinski definition) is 1. The van der Waals surface area contributed by atoms with Gasteiger partial charge in [0.05, 0.1) is 24.4 Å². The highest BCUT2D eigenvalue weighted by Crippen LogP contribution is 2.50. The van der Waals surface area contributed by atoms with Crippen molar-refractivity contribution in [3.05, 3.63) is 0 Å². The molecule has 1 saturated heterocycles. The van der Waals surface area contributed by atoms with E-state index in [2.05, 4.69) is 25.7 Å². The van der Waals surface area contributed by atoms with Crippen LogP contribution in [0.1, 0.15) is 47.0 Å². The van der Waals surface area contributed by atoms with Gasteiger partial charge < -0.3 is 19.5 Å². The number of ether oxygens (including phenoxy) is 2. The zero-order chi connectivity index (χ0) is 14.8. The van der Waals surface area contributed by atoms with Gasteiger partial charge in [-0.15, -0.1) is 0 Å². The number of aliphatic hydroxyl groups excluding tert-OH is 1. The Kier molecular flexibility index (Phi) is 5.11. The standard InChI is InChI=1S/C16H31NO3/c1-5-19-14-12-13(18)16(14)6-8-17(9-7-16)10-11-20-15(2,3)4/h13-14,18H,5-12H2,1-4H3. The molecule has 0 bridgehead atoms. The van der Waals surface area contributed by atoms with E-state index in [1.54, 1.807) is 0 Å². The van der Waals surface area contributed by atoms with E-state index in [-0.39, 0.29) is 23.2 Å². The van der Waals surface area contributed by atoms with Crippen molar-refractivity contribution in [2.75, 3.05) is 32.8 Å². The van der Waals surface area contributed by atoms with Crippen molar-refractivity contribution in [3.8, 4) is 0 Å². The van der Waals surface area contributed by atoms with Crippen LogP contribution in [0.2, 0.25) is 0 Å². The molecule has 0 aromatic heterocycles. The molecule has 2 rings (SSSR count). The molecule has 20 heavy (non-hydrogen) atoms. The summed E-state index contributed by atoms with van der Waals surface area (Å²) in [7, 11) is 0. The van der Waals surface area contributed by atoms with Gasteiger partial charge in [-0.25, -0.2) is 0 Å². The third kappa shape index (κ3) is 3.53. The Bertz CT molecular complexity index is 303. The van der Waals surface area contributed by atoms with E-state index in [4.69, 9.17) is 9.47 Å². The average Bonchev–Trinajstić information content (AvgIpc) is 2.38. The van der Waals surface area contributed by atoms with Crippen LogP contribution in [0.25, 0.3) is 0 Å². The largest absolute Gasteiger partial charge is 0.392 e. The molecule has 1 saturated carbocycles. The maximum Gasteiger partial charge on any atom is 0.0681 e. The zero-order valence-corrected chi connectivity index (χ0v) is 13.5. The first-order valence-electron chi connectivity index (χ1n) is 8.03. The molecule has 4 heteroatoms. The molecular formula is C16H31NO3. The summed E-state index contributed by atoms with van der Waals surface area (Å²) in [6.45, 7) is 12.9. The lowest BCUT2D eigenvalue weighted by Gasteiger charge is -2.56. The van der Waals surface area contributed by atoms with Crippen molar-refractivity contribution in [2.24, 2.45) is 5.41 Å². The van der Waals surface area contributed by atoms with E-state index in [1.165, 1.54) is 0 Å². The van der Waals surface area contributed by atoms with Crippen LogP contribution < -0.4 is 0 Å². The second-order valence-electron chi connectivity index (χ2n) is 7.23.